The Balaban J connectivity index is 1.62. The fourth-order valence-electron chi connectivity index (χ4n) is 2.79. The van der Waals surface area contributed by atoms with Crippen molar-refractivity contribution in [2.75, 3.05) is 19.4 Å². The predicted molar refractivity (Wildman–Crippen MR) is 106 cm³/mol. The van der Waals surface area contributed by atoms with Crippen LogP contribution in [-0.4, -0.2) is 37.3 Å². The van der Waals surface area contributed by atoms with Gasteiger partial charge in [-0.1, -0.05) is 18.2 Å². The summed E-state index contributed by atoms with van der Waals surface area (Å²) in [6, 6.07) is 13.2. The van der Waals surface area contributed by atoms with E-state index < -0.39 is 15.8 Å². The molecule has 0 aliphatic heterocycles. The minimum Gasteiger partial charge on any atom is -0.408 e. The zero-order valence-corrected chi connectivity index (χ0v) is 16.4. The molecule has 0 atom stereocenters. The molecule has 0 spiro atoms. The summed E-state index contributed by atoms with van der Waals surface area (Å²) in [7, 11) is -0.681. The Bertz CT molecular complexity index is 1160. The van der Waals surface area contributed by atoms with Gasteiger partial charge in [0.15, 0.2) is 5.58 Å². The Kier molecular flexibility index (Phi) is 5.66. The van der Waals surface area contributed by atoms with Crippen molar-refractivity contribution in [3.8, 4) is 0 Å². The number of hydrogen-bond acceptors (Lipinski definition) is 5. The van der Waals surface area contributed by atoms with Crippen molar-refractivity contribution >= 4 is 32.7 Å². The Morgan fingerprint density at radius 1 is 1.14 bits per heavy atom. The van der Waals surface area contributed by atoms with Gasteiger partial charge in [-0.05, 0) is 36.8 Å². The Hall–Kier alpha value is -2.91. The monoisotopic (exact) mass is 403 g/mol. The summed E-state index contributed by atoms with van der Waals surface area (Å²) in [6.07, 6.45) is 0.613. The van der Waals surface area contributed by atoms with E-state index in [0.717, 1.165) is 4.31 Å². The molecule has 0 saturated carbocycles. The van der Waals surface area contributed by atoms with Gasteiger partial charge in [0.05, 0.1) is 10.4 Å². The molecule has 9 heteroatoms. The average Bonchev–Trinajstić information content (AvgIpc) is 2.97. The number of anilines is 1. The Morgan fingerprint density at radius 2 is 1.89 bits per heavy atom. The minimum absolute atomic E-state index is 0.103. The number of fused-ring (bicyclic) bond motifs is 1. The van der Waals surface area contributed by atoms with Gasteiger partial charge in [0, 0.05) is 32.7 Å². The molecule has 0 unspecified atom stereocenters. The van der Waals surface area contributed by atoms with E-state index in [-0.39, 0.29) is 17.2 Å². The fraction of sp³-hybridized carbons (Fsp3) is 0.263. The molecule has 0 bridgehead atoms. The lowest BCUT2D eigenvalue weighted by molar-refractivity contribution is -0.116. The van der Waals surface area contributed by atoms with Crippen molar-refractivity contribution in [3.05, 3.63) is 59.1 Å². The number of carbonyl (C=O) groups is 1. The van der Waals surface area contributed by atoms with Crippen molar-refractivity contribution < 1.29 is 17.6 Å². The molecule has 0 radical (unpaired) electrons. The molecule has 3 rings (SSSR count). The molecule has 148 valence electrons. The van der Waals surface area contributed by atoms with Crippen LogP contribution in [0.25, 0.3) is 11.1 Å². The largest absolute Gasteiger partial charge is 0.419 e. The quantitative estimate of drug-likeness (QED) is 0.652. The first-order valence-corrected chi connectivity index (χ1v) is 10.1. The van der Waals surface area contributed by atoms with Gasteiger partial charge in [-0.25, -0.2) is 17.5 Å². The molecule has 0 aliphatic carbocycles. The topological polar surface area (TPSA) is 102 Å². The van der Waals surface area contributed by atoms with E-state index in [2.05, 4.69) is 5.32 Å². The number of sulfonamides is 1. The number of oxazole rings is 1. The maximum atomic E-state index is 12.2. The molecule has 0 aliphatic rings. The lowest BCUT2D eigenvalue weighted by Crippen LogP contribution is -2.22. The second kappa shape index (κ2) is 7.99. The van der Waals surface area contributed by atoms with Crippen LogP contribution in [0.15, 0.2) is 62.6 Å². The number of carbonyl (C=O) groups excluding carboxylic acids is 1. The van der Waals surface area contributed by atoms with E-state index in [4.69, 9.17) is 4.42 Å². The first kappa shape index (κ1) is 19.8. The van der Waals surface area contributed by atoms with E-state index in [1.165, 1.54) is 30.8 Å². The first-order chi connectivity index (χ1) is 13.3. The van der Waals surface area contributed by atoms with Gasteiger partial charge < -0.3 is 9.73 Å². The summed E-state index contributed by atoms with van der Waals surface area (Å²) in [5.41, 5.74) is 1.60. The molecular weight excluding hydrogens is 382 g/mol. The van der Waals surface area contributed by atoms with Crippen LogP contribution in [-0.2, 0) is 21.4 Å². The number of aromatic nitrogens is 1. The van der Waals surface area contributed by atoms with Crippen LogP contribution < -0.4 is 11.1 Å². The van der Waals surface area contributed by atoms with Crippen LogP contribution in [0.4, 0.5) is 5.69 Å². The number of benzene rings is 2. The molecule has 0 saturated heterocycles. The highest BCUT2D eigenvalue weighted by molar-refractivity contribution is 7.89. The Morgan fingerprint density at radius 3 is 2.64 bits per heavy atom. The third-order valence-corrected chi connectivity index (χ3v) is 6.07. The lowest BCUT2D eigenvalue weighted by Gasteiger charge is -2.12. The van der Waals surface area contributed by atoms with E-state index in [9.17, 15) is 18.0 Å². The molecule has 1 amide bonds. The van der Waals surface area contributed by atoms with Gasteiger partial charge in [0.25, 0.3) is 0 Å². The first-order valence-electron chi connectivity index (χ1n) is 8.70. The Labute approximate surface area is 162 Å². The van der Waals surface area contributed by atoms with Crippen molar-refractivity contribution in [3.63, 3.8) is 0 Å². The average molecular weight is 403 g/mol. The molecule has 2 aromatic carbocycles. The highest BCUT2D eigenvalue weighted by atomic mass is 32.2. The normalized spacial score (nSPS) is 11.8. The SMILES string of the molecule is CN(C)S(=O)(=O)c1cccc(NC(=O)CCCn2c(=O)oc3ccccc32)c1. The highest BCUT2D eigenvalue weighted by Gasteiger charge is 2.17. The maximum absolute atomic E-state index is 12.2. The molecule has 0 fully saturated rings. The van der Waals surface area contributed by atoms with Crippen LogP contribution in [0.2, 0.25) is 0 Å². The molecule has 1 heterocycles. The second-order valence-electron chi connectivity index (χ2n) is 6.45. The van der Waals surface area contributed by atoms with Crippen LogP contribution in [0.5, 0.6) is 0 Å². The van der Waals surface area contributed by atoms with Crippen molar-refractivity contribution in [2.45, 2.75) is 24.3 Å². The van der Waals surface area contributed by atoms with E-state index in [1.807, 2.05) is 6.07 Å². The number of para-hydroxylation sites is 2. The van der Waals surface area contributed by atoms with Gasteiger partial charge >= 0.3 is 5.76 Å². The van der Waals surface area contributed by atoms with Gasteiger partial charge in [0.1, 0.15) is 0 Å². The third kappa shape index (κ3) is 4.15. The number of amides is 1. The number of hydrogen-bond donors (Lipinski definition) is 1. The molecule has 8 nitrogen and oxygen atoms in total. The van der Waals surface area contributed by atoms with Crippen LogP contribution in [0.1, 0.15) is 12.8 Å². The zero-order chi connectivity index (χ0) is 20.3. The summed E-state index contributed by atoms with van der Waals surface area (Å²) in [5.74, 6) is -0.719. The third-order valence-electron chi connectivity index (χ3n) is 4.26. The van der Waals surface area contributed by atoms with Gasteiger partial charge in [-0.3, -0.25) is 9.36 Å². The van der Waals surface area contributed by atoms with Crippen LogP contribution in [0.3, 0.4) is 0 Å². The van der Waals surface area contributed by atoms with Crippen molar-refractivity contribution in [1.29, 1.82) is 0 Å². The predicted octanol–water partition coefficient (Wildman–Crippen LogP) is 2.26. The maximum Gasteiger partial charge on any atom is 0.419 e. The number of nitrogens with zero attached hydrogens (tertiary/aromatic N) is 2. The number of nitrogens with one attached hydrogen (secondary N) is 1. The second-order valence-corrected chi connectivity index (χ2v) is 8.61. The standard InChI is InChI=1S/C19H21N3O5S/c1-21(2)28(25,26)15-8-5-7-14(13-15)20-18(23)11-6-12-22-16-9-3-4-10-17(16)27-19(22)24/h3-5,7-10,13H,6,11-12H2,1-2H3,(H,20,23). The van der Waals surface area contributed by atoms with Gasteiger partial charge in [-0.2, -0.15) is 0 Å². The number of aryl methyl sites for hydroxylation is 1. The lowest BCUT2D eigenvalue weighted by atomic mass is 10.2. The molecule has 1 aromatic heterocycles. The summed E-state index contributed by atoms with van der Waals surface area (Å²) in [6.45, 7) is 0.346. The molecule has 1 N–H and O–H groups in total. The van der Waals surface area contributed by atoms with E-state index >= 15 is 0 Å². The van der Waals surface area contributed by atoms with Crippen molar-refractivity contribution in [1.82, 2.24) is 8.87 Å². The van der Waals surface area contributed by atoms with E-state index in [1.54, 1.807) is 30.3 Å². The summed E-state index contributed by atoms with van der Waals surface area (Å²) in [5, 5.41) is 2.69. The summed E-state index contributed by atoms with van der Waals surface area (Å²) >= 11 is 0. The van der Waals surface area contributed by atoms with E-state index in [0.29, 0.717) is 29.8 Å². The summed E-state index contributed by atoms with van der Waals surface area (Å²) < 4.78 is 32.1. The highest BCUT2D eigenvalue weighted by Crippen LogP contribution is 2.18. The molecular formula is C19H21N3O5S. The number of rotatable bonds is 7. The fourth-order valence-corrected chi connectivity index (χ4v) is 3.74. The van der Waals surface area contributed by atoms with Crippen LogP contribution >= 0.6 is 0 Å². The molecule has 3 aromatic rings. The minimum atomic E-state index is -3.57. The smallest absolute Gasteiger partial charge is 0.408 e. The van der Waals surface area contributed by atoms with Crippen molar-refractivity contribution in [2.24, 2.45) is 0 Å². The zero-order valence-electron chi connectivity index (χ0n) is 15.6. The summed E-state index contributed by atoms with van der Waals surface area (Å²) in [4.78, 5) is 24.2. The van der Waals surface area contributed by atoms with Crippen LogP contribution in [0, 0.1) is 0 Å². The van der Waals surface area contributed by atoms with Gasteiger partial charge in [-0.15, -0.1) is 0 Å². The van der Waals surface area contributed by atoms with Gasteiger partial charge in [0.2, 0.25) is 15.9 Å². The molecule has 28 heavy (non-hydrogen) atoms.